The molecule has 18 heavy (non-hydrogen) atoms. The Morgan fingerprint density at radius 2 is 2.00 bits per heavy atom. The van der Waals surface area contributed by atoms with Crippen molar-refractivity contribution in [3.63, 3.8) is 0 Å². The molecule has 2 atom stereocenters. The average molecular weight is 244 g/mol. The van der Waals surface area contributed by atoms with Crippen LogP contribution in [0.5, 0.6) is 0 Å². The lowest BCUT2D eigenvalue weighted by molar-refractivity contribution is -0.134. The van der Waals surface area contributed by atoms with E-state index >= 15 is 0 Å². The maximum atomic E-state index is 12.4. The number of nitrogens with zero attached hydrogens (tertiary/aromatic N) is 1. The summed E-state index contributed by atoms with van der Waals surface area (Å²) in [4.78, 5) is 14.5. The van der Waals surface area contributed by atoms with E-state index in [2.05, 4.69) is 29.3 Å². The van der Waals surface area contributed by atoms with Crippen LogP contribution in [0.25, 0.3) is 0 Å². The molecule has 2 fully saturated rings. The second kappa shape index (κ2) is 4.73. The Morgan fingerprint density at radius 3 is 2.56 bits per heavy atom. The first kappa shape index (κ1) is 11.7. The molecule has 1 aromatic carbocycles. The van der Waals surface area contributed by atoms with Crippen molar-refractivity contribution in [2.45, 2.75) is 50.9 Å². The second-order valence-electron chi connectivity index (χ2n) is 5.27. The lowest BCUT2D eigenvalue weighted by Gasteiger charge is -2.38. The summed E-state index contributed by atoms with van der Waals surface area (Å²) in [6, 6.07) is 10.8. The minimum atomic E-state index is -0.00388. The molecule has 3 nitrogen and oxygen atoms in total. The monoisotopic (exact) mass is 244 g/mol. The van der Waals surface area contributed by atoms with Crippen LogP contribution in [0, 0.1) is 0 Å². The first-order chi connectivity index (χ1) is 8.81. The van der Waals surface area contributed by atoms with Crippen LogP contribution in [0.2, 0.25) is 0 Å². The first-order valence-corrected chi connectivity index (χ1v) is 6.94. The molecule has 0 bridgehead atoms. The van der Waals surface area contributed by atoms with E-state index in [1.165, 1.54) is 12.0 Å². The van der Waals surface area contributed by atoms with Crippen molar-refractivity contribution in [2.24, 2.45) is 0 Å². The van der Waals surface area contributed by atoms with Gasteiger partial charge in [-0.25, -0.2) is 0 Å². The van der Waals surface area contributed by atoms with Crippen molar-refractivity contribution in [3.05, 3.63) is 35.9 Å². The van der Waals surface area contributed by atoms with Crippen molar-refractivity contribution < 1.29 is 4.79 Å². The van der Waals surface area contributed by atoms with Crippen LogP contribution in [0.1, 0.15) is 44.3 Å². The zero-order chi connectivity index (χ0) is 12.5. The van der Waals surface area contributed by atoms with Crippen LogP contribution in [-0.4, -0.2) is 22.9 Å². The molecule has 1 aromatic rings. The molecule has 1 amide bonds. The average Bonchev–Trinajstić information content (AvgIpc) is 2.67. The van der Waals surface area contributed by atoms with Crippen LogP contribution in [0.3, 0.4) is 0 Å². The maximum absolute atomic E-state index is 12.4. The highest BCUT2D eigenvalue weighted by atomic mass is 16.2. The fraction of sp³-hybridized carbons (Fsp3) is 0.533. The van der Waals surface area contributed by atoms with Gasteiger partial charge in [-0.1, -0.05) is 37.3 Å². The summed E-state index contributed by atoms with van der Waals surface area (Å²) in [5.74, 6) is 0.288. The molecule has 0 aromatic heterocycles. The van der Waals surface area contributed by atoms with Gasteiger partial charge >= 0.3 is 0 Å². The van der Waals surface area contributed by atoms with E-state index in [0.717, 1.165) is 19.3 Å². The van der Waals surface area contributed by atoms with Gasteiger partial charge in [0.05, 0.1) is 6.04 Å². The molecule has 1 aliphatic heterocycles. The number of carbonyl (C=O) groups excluding carboxylic acids is 1. The molecule has 1 heterocycles. The van der Waals surface area contributed by atoms with Gasteiger partial charge < -0.3 is 4.90 Å². The molecular weight excluding hydrogens is 224 g/mol. The van der Waals surface area contributed by atoms with E-state index in [4.69, 9.17) is 0 Å². The van der Waals surface area contributed by atoms with Gasteiger partial charge in [0.15, 0.2) is 0 Å². The second-order valence-corrected chi connectivity index (χ2v) is 5.27. The first-order valence-electron chi connectivity index (χ1n) is 6.94. The minimum Gasteiger partial charge on any atom is -0.319 e. The fourth-order valence-corrected chi connectivity index (χ4v) is 2.89. The Bertz CT molecular complexity index is 427. The number of benzene rings is 1. The van der Waals surface area contributed by atoms with E-state index < -0.39 is 0 Å². The van der Waals surface area contributed by atoms with Gasteiger partial charge in [-0.05, 0) is 31.2 Å². The summed E-state index contributed by atoms with van der Waals surface area (Å²) in [7, 11) is 0. The molecule has 1 saturated carbocycles. The highest BCUT2D eigenvalue weighted by molar-refractivity contribution is 5.85. The molecule has 1 aliphatic carbocycles. The van der Waals surface area contributed by atoms with Crippen LogP contribution in [-0.2, 0) is 4.79 Å². The summed E-state index contributed by atoms with van der Waals surface area (Å²) in [5, 5.41) is 3.48. The van der Waals surface area contributed by atoms with E-state index in [1.807, 2.05) is 18.2 Å². The fourth-order valence-electron chi connectivity index (χ4n) is 2.89. The number of nitrogens with one attached hydrogen (secondary N) is 1. The molecule has 1 N–H and O–H groups in total. The highest BCUT2D eigenvalue weighted by Gasteiger charge is 2.43. The van der Waals surface area contributed by atoms with E-state index in [-0.39, 0.29) is 18.1 Å². The van der Waals surface area contributed by atoms with E-state index in [9.17, 15) is 4.79 Å². The normalized spacial score (nSPS) is 28.5. The topological polar surface area (TPSA) is 32.3 Å². The van der Waals surface area contributed by atoms with Crippen molar-refractivity contribution in [2.75, 3.05) is 0 Å². The zero-order valence-electron chi connectivity index (χ0n) is 10.8. The molecule has 3 rings (SSSR count). The number of hydrogen-bond donors (Lipinski definition) is 1. The minimum absolute atomic E-state index is 0.00388. The molecule has 1 saturated heterocycles. The van der Waals surface area contributed by atoms with Crippen molar-refractivity contribution >= 4 is 5.91 Å². The van der Waals surface area contributed by atoms with Gasteiger partial charge in [-0.3, -0.25) is 10.1 Å². The Kier molecular flexibility index (Phi) is 3.08. The van der Waals surface area contributed by atoms with E-state index in [1.54, 1.807) is 0 Å². The number of rotatable bonds is 3. The molecule has 2 unspecified atom stereocenters. The molecule has 0 spiro atoms. The van der Waals surface area contributed by atoms with Crippen molar-refractivity contribution in [3.8, 4) is 0 Å². The molecule has 96 valence electrons. The molecular formula is C15H20N2O. The third-order valence-corrected chi connectivity index (χ3v) is 4.18. The Hall–Kier alpha value is -1.35. The third kappa shape index (κ3) is 1.83. The quantitative estimate of drug-likeness (QED) is 0.885. The summed E-state index contributed by atoms with van der Waals surface area (Å²) in [6.45, 7) is 2.07. The Labute approximate surface area is 108 Å². The number of hydrogen-bond acceptors (Lipinski definition) is 2. The summed E-state index contributed by atoms with van der Waals surface area (Å²) >= 11 is 0. The van der Waals surface area contributed by atoms with Crippen molar-refractivity contribution in [1.82, 2.24) is 10.2 Å². The van der Waals surface area contributed by atoms with Gasteiger partial charge in [0, 0.05) is 6.04 Å². The van der Waals surface area contributed by atoms with Gasteiger partial charge in [0.1, 0.15) is 6.17 Å². The SMILES string of the molecule is CCC1NC(c2ccccc2)N(C2CCC2)C1=O. The van der Waals surface area contributed by atoms with Crippen molar-refractivity contribution in [1.29, 1.82) is 0 Å². The van der Waals surface area contributed by atoms with Crippen LogP contribution in [0.4, 0.5) is 0 Å². The van der Waals surface area contributed by atoms with Crippen LogP contribution < -0.4 is 5.32 Å². The van der Waals surface area contributed by atoms with Gasteiger partial charge in [-0.2, -0.15) is 0 Å². The number of carbonyl (C=O) groups is 1. The number of amides is 1. The predicted octanol–water partition coefficient (Wildman–Crippen LogP) is 2.45. The highest BCUT2D eigenvalue weighted by Crippen LogP contribution is 2.35. The van der Waals surface area contributed by atoms with Gasteiger partial charge in [0.25, 0.3) is 0 Å². The largest absolute Gasteiger partial charge is 0.319 e. The summed E-state index contributed by atoms with van der Waals surface area (Å²) in [6.07, 6.45) is 4.52. The third-order valence-electron chi connectivity index (χ3n) is 4.18. The van der Waals surface area contributed by atoms with E-state index in [0.29, 0.717) is 6.04 Å². The van der Waals surface area contributed by atoms with Crippen LogP contribution in [0.15, 0.2) is 30.3 Å². The molecule has 3 heteroatoms. The molecule has 2 aliphatic rings. The zero-order valence-corrected chi connectivity index (χ0v) is 10.8. The summed E-state index contributed by atoms with van der Waals surface area (Å²) in [5.41, 5.74) is 1.20. The Morgan fingerprint density at radius 1 is 1.28 bits per heavy atom. The predicted molar refractivity (Wildman–Crippen MR) is 70.9 cm³/mol. The van der Waals surface area contributed by atoms with Gasteiger partial charge in [-0.15, -0.1) is 0 Å². The van der Waals surface area contributed by atoms with Crippen LogP contribution >= 0.6 is 0 Å². The lowest BCUT2D eigenvalue weighted by Crippen LogP contribution is -2.44. The molecule has 0 radical (unpaired) electrons. The van der Waals surface area contributed by atoms with Gasteiger partial charge in [0.2, 0.25) is 5.91 Å². The standard InChI is InChI=1S/C15H20N2O/c1-2-13-15(18)17(12-9-6-10-12)14(16-13)11-7-4-3-5-8-11/h3-5,7-8,12-14,16H,2,6,9-10H2,1H3. The maximum Gasteiger partial charge on any atom is 0.241 e. The smallest absolute Gasteiger partial charge is 0.241 e. The lowest BCUT2D eigenvalue weighted by atomic mass is 9.90. The Balaban J connectivity index is 1.89. The summed E-state index contributed by atoms with van der Waals surface area (Å²) < 4.78 is 0.